The molecule has 5 heteroatoms. The van der Waals surface area contributed by atoms with E-state index in [1.54, 1.807) is 13.8 Å². The molecule has 0 aromatic rings. The second kappa shape index (κ2) is 5.38. The maximum atomic E-state index is 11.8. The number of hydrogen-bond acceptors (Lipinski definition) is 5. The molecule has 0 saturated carbocycles. The molecule has 0 amide bonds. The molecule has 0 spiro atoms. The van der Waals surface area contributed by atoms with E-state index in [0.717, 1.165) is 25.1 Å². The zero-order valence-electron chi connectivity index (χ0n) is 10.9. The molecule has 3 atom stereocenters. The van der Waals surface area contributed by atoms with Crippen LogP contribution < -0.4 is 0 Å². The van der Waals surface area contributed by atoms with Crippen LogP contribution in [0.25, 0.3) is 0 Å². The fourth-order valence-corrected chi connectivity index (χ4v) is 2.63. The summed E-state index contributed by atoms with van der Waals surface area (Å²) in [6.07, 6.45) is 1.44. The molecular weight excluding hydrogens is 234 g/mol. The summed E-state index contributed by atoms with van der Waals surface area (Å²) >= 11 is 0. The van der Waals surface area contributed by atoms with E-state index >= 15 is 0 Å². The fraction of sp³-hybridized carbons (Fsp3) is 0.769. The highest BCUT2D eigenvalue weighted by molar-refractivity contribution is 5.75. The van der Waals surface area contributed by atoms with Gasteiger partial charge >= 0.3 is 5.97 Å². The van der Waals surface area contributed by atoms with Crippen molar-refractivity contribution in [1.29, 1.82) is 0 Å². The number of carbonyl (C=O) groups is 1. The highest BCUT2D eigenvalue weighted by Gasteiger charge is 2.42. The molecule has 18 heavy (non-hydrogen) atoms. The minimum absolute atomic E-state index is 0.00156. The highest BCUT2D eigenvalue weighted by atomic mass is 16.6. The van der Waals surface area contributed by atoms with Crippen LogP contribution in [0.4, 0.5) is 0 Å². The van der Waals surface area contributed by atoms with Crippen LogP contribution in [0.5, 0.6) is 0 Å². The summed E-state index contributed by atoms with van der Waals surface area (Å²) < 4.78 is 5.40. The van der Waals surface area contributed by atoms with Crippen molar-refractivity contribution in [2.45, 2.75) is 38.5 Å². The van der Waals surface area contributed by atoms with Gasteiger partial charge in [-0.2, -0.15) is 0 Å². The molecule has 1 saturated heterocycles. The Kier molecular flexibility index (Phi) is 4.04. The van der Waals surface area contributed by atoms with Gasteiger partial charge in [0.05, 0.1) is 12.6 Å². The van der Waals surface area contributed by atoms with Crippen LogP contribution in [0.15, 0.2) is 11.6 Å². The van der Waals surface area contributed by atoms with E-state index in [1.165, 1.54) is 0 Å². The number of ether oxygens (including phenoxy) is 1. The maximum absolute atomic E-state index is 11.8. The predicted molar refractivity (Wildman–Crippen MR) is 65.9 cm³/mol. The lowest BCUT2D eigenvalue weighted by Gasteiger charge is -2.24. The van der Waals surface area contributed by atoms with Gasteiger partial charge < -0.3 is 14.9 Å². The first-order chi connectivity index (χ1) is 8.54. The number of carbonyl (C=O) groups excluding carboxylic acids is 1. The standard InChI is InChI=1S/C13H21NO4/c1-8(2)12(16)13(17)18-10-4-6-14-5-3-9(7-15)11(10)14/h3,8,10-12,15-16H,4-7H2,1-2H3/t10-,11?,12-/m1/s1. The smallest absolute Gasteiger partial charge is 0.335 e. The molecular formula is C13H21NO4. The molecule has 2 rings (SSSR count). The van der Waals surface area contributed by atoms with Crippen LogP contribution in [0, 0.1) is 5.92 Å². The first kappa shape index (κ1) is 13.5. The molecule has 0 aromatic heterocycles. The van der Waals surface area contributed by atoms with Gasteiger partial charge in [-0.3, -0.25) is 4.90 Å². The minimum Gasteiger partial charge on any atom is -0.458 e. The Balaban J connectivity index is 1.98. The van der Waals surface area contributed by atoms with Crippen molar-refractivity contribution in [1.82, 2.24) is 4.90 Å². The van der Waals surface area contributed by atoms with E-state index in [9.17, 15) is 15.0 Å². The van der Waals surface area contributed by atoms with Crippen LogP contribution in [0.1, 0.15) is 20.3 Å². The van der Waals surface area contributed by atoms with Crippen molar-refractivity contribution in [3.05, 3.63) is 11.6 Å². The zero-order valence-corrected chi connectivity index (χ0v) is 10.9. The van der Waals surface area contributed by atoms with E-state index < -0.39 is 12.1 Å². The van der Waals surface area contributed by atoms with Gasteiger partial charge in [-0.25, -0.2) is 4.79 Å². The normalized spacial score (nSPS) is 29.3. The van der Waals surface area contributed by atoms with Crippen molar-refractivity contribution in [3.8, 4) is 0 Å². The third kappa shape index (κ3) is 2.43. The first-order valence-corrected chi connectivity index (χ1v) is 6.47. The van der Waals surface area contributed by atoms with Crippen molar-refractivity contribution in [2.24, 2.45) is 5.92 Å². The average molecular weight is 255 g/mol. The van der Waals surface area contributed by atoms with Crippen molar-refractivity contribution in [2.75, 3.05) is 19.7 Å². The van der Waals surface area contributed by atoms with Crippen LogP contribution in [-0.4, -0.2) is 59.0 Å². The Morgan fingerprint density at radius 2 is 2.33 bits per heavy atom. The average Bonchev–Trinajstić information content (AvgIpc) is 2.90. The molecule has 1 fully saturated rings. The predicted octanol–water partition coefficient (Wildman–Crippen LogP) is -0.0783. The first-order valence-electron chi connectivity index (χ1n) is 6.47. The molecule has 1 unspecified atom stereocenters. The van der Waals surface area contributed by atoms with Gasteiger partial charge in [0.1, 0.15) is 6.10 Å². The summed E-state index contributed by atoms with van der Waals surface area (Å²) in [6, 6.07) is -0.00156. The summed E-state index contributed by atoms with van der Waals surface area (Å²) in [5.74, 6) is -0.701. The Bertz CT molecular complexity index is 353. The Morgan fingerprint density at radius 1 is 1.61 bits per heavy atom. The largest absolute Gasteiger partial charge is 0.458 e. The van der Waals surface area contributed by atoms with E-state index in [2.05, 4.69) is 4.90 Å². The van der Waals surface area contributed by atoms with Crippen molar-refractivity contribution >= 4 is 5.97 Å². The summed E-state index contributed by atoms with van der Waals surface area (Å²) in [5.41, 5.74) is 0.921. The molecule has 0 aromatic carbocycles. The summed E-state index contributed by atoms with van der Waals surface area (Å²) in [6.45, 7) is 5.23. The van der Waals surface area contributed by atoms with Gasteiger partial charge in [-0.05, 0) is 17.9 Å². The monoisotopic (exact) mass is 255 g/mol. The van der Waals surface area contributed by atoms with E-state index in [0.29, 0.717) is 0 Å². The van der Waals surface area contributed by atoms with Gasteiger partial charge in [-0.15, -0.1) is 0 Å². The number of nitrogens with zero attached hydrogens (tertiary/aromatic N) is 1. The molecule has 0 aliphatic carbocycles. The molecule has 2 aliphatic rings. The number of aliphatic hydroxyl groups excluding tert-OH is 2. The van der Waals surface area contributed by atoms with Crippen LogP contribution in [0.2, 0.25) is 0 Å². The molecule has 5 nitrogen and oxygen atoms in total. The van der Waals surface area contributed by atoms with E-state index in [1.807, 2.05) is 6.08 Å². The van der Waals surface area contributed by atoms with Crippen LogP contribution >= 0.6 is 0 Å². The Labute approximate surface area is 107 Å². The number of hydrogen-bond donors (Lipinski definition) is 2. The minimum atomic E-state index is -1.07. The number of fused-ring (bicyclic) bond motifs is 1. The topological polar surface area (TPSA) is 70.0 Å². The lowest BCUT2D eigenvalue weighted by molar-refractivity contribution is -0.162. The quantitative estimate of drug-likeness (QED) is 0.543. The molecule has 2 aliphatic heterocycles. The third-order valence-corrected chi connectivity index (χ3v) is 3.74. The number of aliphatic hydroxyl groups is 2. The summed E-state index contributed by atoms with van der Waals surface area (Å²) in [7, 11) is 0. The lowest BCUT2D eigenvalue weighted by atomic mass is 10.0. The molecule has 0 bridgehead atoms. The Hall–Kier alpha value is -0.910. The summed E-state index contributed by atoms with van der Waals surface area (Å²) in [5, 5.41) is 18.9. The zero-order chi connectivity index (χ0) is 13.3. The van der Waals surface area contributed by atoms with Gasteiger partial charge in [-0.1, -0.05) is 19.9 Å². The molecule has 0 radical (unpaired) electrons. The van der Waals surface area contributed by atoms with Gasteiger partial charge in [0.25, 0.3) is 0 Å². The van der Waals surface area contributed by atoms with E-state index in [-0.39, 0.29) is 24.7 Å². The van der Waals surface area contributed by atoms with E-state index in [4.69, 9.17) is 4.74 Å². The van der Waals surface area contributed by atoms with Gasteiger partial charge in [0.2, 0.25) is 0 Å². The fourth-order valence-electron chi connectivity index (χ4n) is 2.63. The second-order valence-corrected chi connectivity index (χ2v) is 5.33. The maximum Gasteiger partial charge on any atom is 0.335 e. The Morgan fingerprint density at radius 3 is 2.94 bits per heavy atom. The van der Waals surface area contributed by atoms with Crippen LogP contribution in [-0.2, 0) is 9.53 Å². The van der Waals surface area contributed by atoms with Gasteiger partial charge in [0, 0.05) is 13.1 Å². The highest BCUT2D eigenvalue weighted by Crippen LogP contribution is 2.31. The lowest BCUT2D eigenvalue weighted by Crippen LogP contribution is -2.39. The second-order valence-electron chi connectivity index (χ2n) is 5.33. The number of rotatable bonds is 4. The SMILES string of the molecule is CC(C)[C@@H](O)C(=O)O[C@@H]1CCN2CC=C(CO)C12. The third-order valence-electron chi connectivity index (χ3n) is 3.74. The van der Waals surface area contributed by atoms with Crippen molar-refractivity contribution in [3.63, 3.8) is 0 Å². The van der Waals surface area contributed by atoms with Crippen molar-refractivity contribution < 1.29 is 19.7 Å². The molecule has 102 valence electrons. The molecule has 2 heterocycles. The van der Waals surface area contributed by atoms with Gasteiger partial charge in [0.15, 0.2) is 6.10 Å². The number of esters is 1. The molecule has 2 N–H and O–H groups in total. The summed E-state index contributed by atoms with van der Waals surface area (Å²) in [4.78, 5) is 13.9. The van der Waals surface area contributed by atoms with Crippen LogP contribution in [0.3, 0.4) is 0 Å².